The number of hydrogen-bond acceptors (Lipinski definition) is 2. The van der Waals surface area contributed by atoms with Gasteiger partial charge in [-0.05, 0) is 36.2 Å². The predicted molar refractivity (Wildman–Crippen MR) is 108 cm³/mol. The Morgan fingerprint density at radius 3 is 2.39 bits per heavy atom. The van der Waals surface area contributed by atoms with E-state index in [-0.39, 0.29) is 10.9 Å². The molecule has 1 aromatic heterocycles. The van der Waals surface area contributed by atoms with Gasteiger partial charge in [0, 0.05) is 23.9 Å². The molecule has 2 N–H and O–H groups in total. The van der Waals surface area contributed by atoms with Gasteiger partial charge < -0.3 is 10.3 Å². The second kappa shape index (κ2) is 7.27. The van der Waals surface area contributed by atoms with Gasteiger partial charge in [0.1, 0.15) is 11.6 Å². The van der Waals surface area contributed by atoms with Crippen LogP contribution in [0.3, 0.4) is 0 Å². The number of pyridine rings is 1. The second-order valence-electron chi connectivity index (χ2n) is 6.68. The number of nitrogens with one attached hydrogen (secondary N) is 2. The van der Waals surface area contributed by atoms with Crippen molar-refractivity contribution in [1.82, 2.24) is 4.98 Å². The zero-order valence-electron chi connectivity index (χ0n) is 15.2. The van der Waals surface area contributed by atoms with Crippen LogP contribution in [0.15, 0.2) is 71.5 Å². The summed E-state index contributed by atoms with van der Waals surface area (Å²) in [6.45, 7) is 2.34. The molecule has 0 aliphatic rings. The molecule has 0 aliphatic heterocycles. The maximum Gasteiger partial charge on any atom is 0.195 e. The predicted octanol–water partition coefficient (Wildman–Crippen LogP) is 5.39. The van der Waals surface area contributed by atoms with E-state index in [9.17, 15) is 13.6 Å². The minimum atomic E-state index is -0.855. The number of halogens is 2. The lowest BCUT2D eigenvalue weighted by Crippen LogP contribution is -2.11. The molecular weight excluding hydrogens is 358 g/mol. The summed E-state index contributed by atoms with van der Waals surface area (Å²) in [6.07, 6.45) is 0. The van der Waals surface area contributed by atoms with Crippen molar-refractivity contribution in [2.75, 3.05) is 5.32 Å². The average molecular weight is 376 g/mol. The van der Waals surface area contributed by atoms with E-state index in [1.807, 2.05) is 54.6 Å². The zero-order valence-corrected chi connectivity index (χ0v) is 15.2. The molecule has 0 aliphatic carbocycles. The topological polar surface area (TPSA) is 44.9 Å². The van der Waals surface area contributed by atoms with Crippen molar-refractivity contribution in [2.45, 2.75) is 13.5 Å². The van der Waals surface area contributed by atoms with E-state index in [4.69, 9.17) is 0 Å². The maximum absolute atomic E-state index is 14.0. The van der Waals surface area contributed by atoms with Crippen LogP contribution >= 0.6 is 0 Å². The molecule has 140 valence electrons. The summed E-state index contributed by atoms with van der Waals surface area (Å²) in [5.41, 5.74) is 3.53. The smallest absolute Gasteiger partial charge is 0.195 e. The summed E-state index contributed by atoms with van der Waals surface area (Å²) in [7, 11) is 0. The van der Waals surface area contributed by atoms with Crippen LogP contribution in [0, 0.1) is 18.6 Å². The van der Waals surface area contributed by atoms with Gasteiger partial charge in [0.05, 0.1) is 16.6 Å². The molecular formula is C23H18F2N2O. The van der Waals surface area contributed by atoms with Crippen molar-refractivity contribution >= 4 is 16.6 Å². The van der Waals surface area contributed by atoms with Crippen LogP contribution in [0.4, 0.5) is 14.5 Å². The molecule has 28 heavy (non-hydrogen) atoms. The third-order valence-corrected chi connectivity index (χ3v) is 4.77. The van der Waals surface area contributed by atoms with Gasteiger partial charge in [-0.3, -0.25) is 4.79 Å². The van der Waals surface area contributed by atoms with Crippen LogP contribution in [0.5, 0.6) is 0 Å². The first-order valence-corrected chi connectivity index (χ1v) is 8.93. The van der Waals surface area contributed by atoms with Crippen molar-refractivity contribution in [1.29, 1.82) is 0 Å². The summed E-state index contributed by atoms with van der Waals surface area (Å²) >= 11 is 0. The van der Waals surface area contributed by atoms with Crippen molar-refractivity contribution in [3.63, 3.8) is 0 Å². The van der Waals surface area contributed by atoms with Gasteiger partial charge in [-0.1, -0.05) is 42.5 Å². The van der Waals surface area contributed by atoms with Crippen molar-refractivity contribution in [2.24, 2.45) is 0 Å². The molecule has 5 heteroatoms. The zero-order chi connectivity index (χ0) is 19.7. The number of benzene rings is 3. The monoisotopic (exact) mass is 376 g/mol. The Bertz CT molecular complexity index is 1200. The van der Waals surface area contributed by atoms with Gasteiger partial charge in [0.2, 0.25) is 0 Å². The first-order chi connectivity index (χ1) is 13.5. The van der Waals surface area contributed by atoms with Crippen molar-refractivity contribution in [3.05, 3.63) is 99.7 Å². The van der Waals surface area contributed by atoms with Crippen LogP contribution < -0.4 is 10.7 Å². The molecule has 0 spiro atoms. The summed E-state index contributed by atoms with van der Waals surface area (Å²) in [4.78, 5) is 15.6. The van der Waals surface area contributed by atoms with Crippen LogP contribution in [-0.2, 0) is 6.54 Å². The molecule has 0 bridgehead atoms. The van der Waals surface area contributed by atoms with Gasteiger partial charge >= 0.3 is 0 Å². The van der Waals surface area contributed by atoms with E-state index >= 15 is 0 Å². The third kappa shape index (κ3) is 3.39. The second-order valence-corrected chi connectivity index (χ2v) is 6.68. The fourth-order valence-corrected chi connectivity index (χ4v) is 3.28. The lowest BCUT2D eigenvalue weighted by molar-refractivity contribution is 0.591. The highest BCUT2D eigenvalue weighted by Crippen LogP contribution is 2.25. The molecule has 0 saturated heterocycles. The minimum Gasteiger partial charge on any atom is -0.381 e. The molecule has 1 heterocycles. The average Bonchev–Trinajstić information content (AvgIpc) is 2.70. The Hall–Kier alpha value is -3.47. The van der Waals surface area contributed by atoms with Crippen LogP contribution in [0.25, 0.3) is 22.2 Å². The summed E-state index contributed by atoms with van der Waals surface area (Å²) in [5.74, 6) is -1.58. The molecule has 0 saturated carbocycles. The lowest BCUT2D eigenvalue weighted by Gasteiger charge is -2.11. The van der Waals surface area contributed by atoms with E-state index in [1.165, 1.54) is 5.56 Å². The fraction of sp³-hybridized carbons (Fsp3) is 0.0870. The Morgan fingerprint density at radius 1 is 0.964 bits per heavy atom. The lowest BCUT2D eigenvalue weighted by atomic mass is 10.0. The third-order valence-electron chi connectivity index (χ3n) is 4.77. The van der Waals surface area contributed by atoms with Crippen LogP contribution in [0.2, 0.25) is 0 Å². The number of H-pyrrole nitrogens is 1. The van der Waals surface area contributed by atoms with Crippen molar-refractivity contribution < 1.29 is 8.78 Å². The van der Waals surface area contributed by atoms with Gasteiger partial charge in [0.25, 0.3) is 0 Å². The molecule has 3 nitrogen and oxygen atoms in total. The summed E-state index contributed by atoms with van der Waals surface area (Å²) in [5, 5.41) is 3.22. The van der Waals surface area contributed by atoms with Gasteiger partial charge in [-0.2, -0.15) is 0 Å². The number of fused-ring (bicyclic) bond motifs is 1. The number of aromatic nitrogens is 1. The van der Waals surface area contributed by atoms with Gasteiger partial charge in [0.15, 0.2) is 5.43 Å². The highest BCUT2D eigenvalue weighted by molar-refractivity contribution is 5.84. The van der Waals surface area contributed by atoms with Crippen LogP contribution in [-0.4, -0.2) is 4.98 Å². The number of anilines is 1. The number of hydrogen-bond donors (Lipinski definition) is 2. The van der Waals surface area contributed by atoms with Gasteiger partial charge in [-0.15, -0.1) is 0 Å². The molecule has 3 aromatic carbocycles. The molecule has 0 radical (unpaired) electrons. The van der Waals surface area contributed by atoms with Crippen LogP contribution in [0.1, 0.15) is 11.1 Å². The molecule has 0 amide bonds. The Kier molecular flexibility index (Phi) is 4.65. The Balaban J connectivity index is 1.66. The molecule has 0 unspecified atom stereocenters. The summed E-state index contributed by atoms with van der Waals surface area (Å²) in [6, 6.07) is 19.5. The normalized spacial score (nSPS) is 11.0. The van der Waals surface area contributed by atoms with E-state index < -0.39 is 17.1 Å². The summed E-state index contributed by atoms with van der Waals surface area (Å²) < 4.78 is 27.6. The number of aromatic amines is 1. The van der Waals surface area contributed by atoms with E-state index in [0.29, 0.717) is 17.8 Å². The first-order valence-electron chi connectivity index (χ1n) is 8.93. The number of rotatable bonds is 4. The van der Waals surface area contributed by atoms with E-state index in [0.717, 1.165) is 23.4 Å². The maximum atomic E-state index is 14.0. The quantitative estimate of drug-likeness (QED) is 0.501. The molecule has 4 rings (SSSR count). The minimum absolute atomic E-state index is 0.121. The van der Waals surface area contributed by atoms with E-state index in [1.54, 1.807) is 6.92 Å². The molecule has 0 fully saturated rings. The van der Waals surface area contributed by atoms with Gasteiger partial charge in [-0.25, -0.2) is 8.78 Å². The Labute approximate surface area is 160 Å². The molecule has 0 atom stereocenters. The molecule has 4 aromatic rings. The highest BCUT2D eigenvalue weighted by atomic mass is 19.1. The Morgan fingerprint density at radius 2 is 1.68 bits per heavy atom. The SMILES string of the molecule is Cc1c(-c2ccc(NCc3ccccc3)cc2)[nH]c2cc(F)cc(F)c2c1=O. The largest absolute Gasteiger partial charge is 0.381 e. The standard InChI is InChI=1S/C23H18F2N2O/c1-14-22(27-20-12-17(24)11-19(25)21(20)23(14)28)16-7-9-18(10-8-16)26-13-15-5-3-2-4-6-15/h2-12,26H,13H2,1H3,(H,27,28). The van der Waals surface area contributed by atoms with Crippen molar-refractivity contribution in [3.8, 4) is 11.3 Å². The first kappa shape index (κ1) is 17.9. The van der Waals surface area contributed by atoms with E-state index in [2.05, 4.69) is 10.3 Å². The highest BCUT2D eigenvalue weighted by Gasteiger charge is 2.14. The fourth-order valence-electron chi connectivity index (χ4n) is 3.28.